The van der Waals surface area contributed by atoms with E-state index in [1.54, 1.807) is 0 Å². The molecule has 0 aromatic carbocycles. The lowest BCUT2D eigenvalue weighted by atomic mass is 9.96. The third-order valence-electron chi connectivity index (χ3n) is 6.12. The first-order valence-electron chi connectivity index (χ1n) is 12.4. The number of rotatable bonds is 16. The molecule has 0 aromatic rings. The summed E-state index contributed by atoms with van der Waals surface area (Å²) in [6.07, 6.45) is 30.5. The first-order valence-corrected chi connectivity index (χ1v) is 12.4. The molecular weight excluding hydrogens is 360 g/mol. The van der Waals surface area contributed by atoms with Crippen molar-refractivity contribution in [3.8, 4) is 0 Å². The van der Waals surface area contributed by atoms with Gasteiger partial charge < -0.3 is 0 Å². The van der Waals surface area contributed by atoms with Gasteiger partial charge in [-0.2, -0.15) is 0 Å². The van der Waals surface area contributed by atoms with Crippen LogP contribution in [0.1, 0.15) is 119 Å². The molecule has 0 heterocycles. The maximum absolute atomic E-state index is 2.30. The number of allylic oxidation sites excluding steroid dienone is 12. The number of unbranched alkanes of at least 4 members (excludes halogenated alkanes) is 10. The number of hydrogen-bond acceptors (Lipinski definition) is 0. The molecule has 0 aromatic heterocycles. The summed E-state index contributed by atoms with van der Waals surface area (Å²) in [6.45, 7) is 15.5. The van der Waals surface area contributed by atoms with Gasteiger partial charge in [0.15, 0.2) is 0 Å². The van der Waals surface area contributed by atoms with Gasteiger partial charge in [-0.3, -0.25) is 0 Å². The smallest absolute Gasteiger partial charge is 0.0348 e. The van der Waals surface area contributed by atoms with Crippen molar-refractivity contribution in [3.63, 3.8) is 0 Å². The monoisotopic (exact) mass is 410 g/mol. The fraction of sp³-hybridized carbons (Fsp3) is 0.600. The third kappa shape index (κ3) is 15.3. The first-order chi connectivity index (χ1) is 14.4. The molecular formula is C30H50. The van der Waals surface area contributed by atoms with Gasteiger partial charge in [-0.05, 0) is 76.7 Å². The Morgan fingerprint density at radius 1 is 0.500 bits per heavy atom. The van der Waals surface area contributed by atoms with E-state index in [9.17, 15) is 0 Å². The molecule has 0 amide bonds. The molecule has 0 N–H and O–H groups in total. The van der Waals surface area contributed by atoms with Crippen molar-refractivity contribution in [2.75, 3.05) is 0 Å². The molecule has 0 aliphatic heterocycles. The Hall–Kier alpha value is -1.56. The molecule has 0 heteroatoms. The summed E-state index contributed by atoms with van der Waals surface area (Å²) in [5.74, 6) is 0. The Morgan fingerprint density at radius 3 is 1.57 bits per heavy atom. The van der Waals surface area contributed by atoms with Crippen molar-refractivity contribution in [2.24, 2.45) is 0 Å². The van der Waals surface area contributed by atoms with Crippen LogP contribution in [-0.2, 0) is 0 Å². The van der Waals surface area contributed by atoms with Gasteiger partial charge in [0, 0.05) is 0 Å². The molecule has 0 radical (unpaired) electrons. The highest BCUT2D eigenvalue weighted by molar-refractivity contribution is 5.43. The van der Waals surface area contributed by atoms with E-state index in [0.29, 0.717) is 0 Å². The maximum atomic E-state index is 2.30. The van der Waals surface area contributed by atoms with E-state index in [1.807, 2.05) is 0 Å². The molecule has 0 saturated heterocycles. The average molecular weight is 411 g/mol. The van der Waals surface area contributed by atoms with Crippen molar-refractivity contribution < 1.29 is 0 Å². The molecule has 0 aliphatic rings. The van der Waals surface area contributed by atoms with Crippen LogP contribution in [0.4, 0.5) is 0 Å². The van der Waals surface area contributed by atoms with Crippen molar-refractivity contribution in [1.29, 1.82) is 0 Å². The van der Waals surface area contributed by atoms with Gasteiger partial charge in [-0.15, -0.1) is 0 Å². The van der Waals surface area contributed by atoms with E-state index < -0.39 is 0 Å². The van der Waals surface area contributed by atoms with Gasteiger partial charge in [0.05, 0.1) is 0 Å². The molecule has 170 valence electrons. The van der Waals surface area contributed by atoms with E-state index in [2.05, 4.69) is 91.0 Å². The molecule has 0 bridgehead atoms. The van der Waals surface area contributed by atoms with Crippen molar-refractivity contribution in [2.45, 2.75) is 119 Å². The predicted octanol–water partition coefficient (Wildman–Crippen LogP) is 10.6. The van der Waals surface area contributed by atoms with Crippen LogP contribution in [0.3, 0.4) is 0 Å². The molecule has 0 saturated carbocycles. The van der Waals surface area contributed by atoms with Crippen LogP contribution < -0.4 is 0 Å². The van der Waals surface area contributed by atoms with E-state index in [1.165, 1.54) is 98.5 Å². The van der Waals surface area contributed by atoms with E-state index in [0.717, 1.165) is 0 Å². The maximum Gasteiger partial charge on any atom is -0.0348 e. The topological polar surface area (TPSA) is 0 Å². The summed E-state index contributed by atoms with van der Waals surface area (Å²) >= 11 is 0. The standard InChI is InChI=1S/C30H50/c1-8-9-10-11-12-13-14-15-16-17-18-19-20-21-22-23-24-25-27(4)29(6)30(7)28(5)26(2)3/h19-25H,8-18H2,1-7H3. The Morgan fingerprint density at radius 2 is 1.00 bits per heavy atom. The zero-order chi connectivity index (χ0) is 22.6. The molecule has 0 aliphatic carbocycles. The highest BCUT2D eigenvalue weighted by Crippen LogP contribution is 2.22. The fourth-order valence-corrected chi connectivity index (χ4v) is 3.39. The Labute approximate surface area is 189 Å². The summed E-state index contributed by atoms with van der Waals surface area (Å²) in [6, 6.07) is 0. The second-order valence-corrected chi connectivity index (χ2v) is 8.89. The molecule has 0 spiro atoms. The minimum Gasteiger partial charge on any atom is -0.0845 e. The van der Waals surface area contributed by atoms with Crippen molar-refractivity contribution in [1.82, 2.24) is 0 Å². The molecule has 30 heavy (non-hydrogen) atoms. The van der Waals surface area contributed by atoms with Crippen LogP contribution in [0, 0.1) is 0 Å². The zero-order valence-electron chi connectivity index (χ0n) is 21.3. The van der Waals surface area contributed by atoms with Crippen LogP contribution in [-0.4, -0.2) is 0 Å². The minimum atomic E-state index is 1.20. The van der Waals surface area contributed by atoms with Gasteiger partial charge >= 0.3 is 0 Å². The highest BCUT2D eigenvalue weighted by atomic mass is 14.1. The summed E-state index contributed by atoms with van der Waals surface area (Å²) in [5, 5.41) is 0. The average Bonchev–Trinajstić information content (AvgIpc) is 2.73. The van der Waals surface area contributed by atoms with Crippen LogP contribution in [0.5, 0.6) is 0 Å². The summed E-state index contributed by atoms with van der Waals surface area (Å²) < 4.78 is 0. The highest BCUT2D eigenvalue weighted by Gasteiger charge is 2.02. The largest absolute Gasteiger partial charge is 0.0845 e. The van der Waals surface area contributed by atoms with Gasteiger partial charge in [-0.25, -0.2) is 0 Å². The molecule has 0 unspecified atom stereocenters. The van der Waals surface area contributed by atoms with E-state index in [4.69, 9.17) is 0 Å². The lowest BCUT2D eigenvalue weighted by Crippen LogP contribution is -1.90. The Kier molecular flexibility index (Phi) is 18.4. The van der Waals surface area contributed by atoms with Gasteiger partial charge in [0.2, 0.25) is 0 Å². The Bertz CT molecular complexity index is 612. The van der Waals surface area contributed by atoms with Crippen LogP contribution in [0.15, 0.2) is 70.4 Å². The lowest BCUT2D eigenvalue weighted by Gasteiger charge is -2.10. The SMILES string of the molecule is CCCCCCCCCCCCC=CC=CC=CC=C(C)C(C)=C(C)C(C)=C(C)C. The number of hydrogen-bond donors (Lipinski definition) is 0. The summed E-state index contributed by atoms with van der Waals surface area (Å²) in [4.78, 5) is 0. The van der Waals surface area contributed by atoms with Crippen molar-refractivity contribution >= 4 is 0 Å². The van der Waals surface area contributed by atoms with Crippen molar-refractivity contribution in [3.05, 3.63) is 70.4 Å². The predicted molar refractivity (Wildman–Crippen MR) is 140 cm³/mol. The normalized spacial score (nSPS) is 13.6. The van der Waals surface area contributed by atoms with Crippen LogP contribution in [0.2, 0.25) is 0 Å². The summed E-state index contributed by atoms with van der Waals surface area (Å²) in [7, 11) is 0. The minimum absolute atomic E-state index is 1.20. The quantitative estimate of drug-likeness (QED) is 0.175. The molecule has 0 fully saturated rings. The Balaban J connectivity index is 3.98. The second kappa shape index (κ2) is 19.4. The van der Waals surface area contributed by atoms with Crippen LogP contribution in [0.25, 0.3) is 0 Å². The van der Waals surface area contributed by atoms with E-state index >= 15 is 0 Å². The second-order valence-electron chi connectivity index (χ2n) is 8.89. The third-order valence-corrected chi connectivity index (χ3v) is 6.12. The van der Waals surface area contributed by atoms with Gasteiger partial charge in [0.1, 0.15) is 0 Å². The summed E-state index contributed by atoms with van der Waals surface area (Å²) in [5.41, 5.74) is 6.88. The van der Waals surface area contributed by atoms with Gasteiger partial charge in [0.25, 0.3) is 0 Å². The lowest BCUT2D eigenvalue weighted by molar-refractivity contribution is 0.557. The van der Waals surface area contributed by atoms with E-state index in [-0.39, 0.29) is 0 Å². The molecule has 0 rings (SSSR count). The fourth-order valence-electron chi connectivity index (χ4n) is 3.39. The zero-order valence-corrected chi connectivity index (χ0v) is 21.3. The van der Waals surface area contributed by atoms with Crippen LogP contribution >= 0.6 is 0 Å². The molecule has 0 atom stereocenters. The first kappa shape index (κ1) is 28.4. The molecule has 0 nitrogen and oxygen atoms in total. The van der Waals surface area contributed by atoms with Gasteiger partial charge in [-0.1, -0.05) is 113 Å².